The molecule has 1 amide bonds. The van der Waals surface area contributed by atoms with Gasteiger partial charge in [-0.2, -0.15) is 5.10 Å². The summed E-state index contributed by atoms with van der Waals surface area (Å²) in [6.07, 6.45) is 0.937. The molecule has 32 heavy (non-hydrogen) atoms. The van der Waals surface area contributed by atoms with Crippen molar-refractivity contribution >= 4 is 17.5 Å². The van der Waals surface area contributed by atoms with Crippen LogP contribution in [-0.2, 0) is 0 Å². The fraction of sp³-hybridized carbons (Fsp3) is 0.333. The molecule has 1 aromatic heterocycles. The van der Waals surface area contributed by atoms with Crippen LogP contribution in [0.25, 0.3) is 11.3 Å². The van der Waals surface area contributed by atoms with Crippen LogP contribution in [0.1, 0.15) is 47.9 Å². The minimum Gasteiger partial charge on any atom is -0.507 e. The number of carbonyl (C=O) groups is 1. The summed E-state index contributed by atoms with van der Waals surface area (Å²) in [6.45, 7) is 4.87. The number of aromatic nitrogens is 2. The van der Waals surface area contributed by atoms with Crippen LogP contribution in [0, 0.1) is 5.92 Å². The molecule has 0 saturated heterocycles. The minimum atomic E-state index is -0.495. The highest BCUT2D eigenvalue weighted by atomic mass is 35.5. The molecule has 0 saturated carbocycles. The number of amides is 1. The zero-order chi connectivity index (χ0) is 22.8. The maximum atomic E-state index is 13.1. The number of aliphatic hydroxyl groups is 1. The summed E-state index contributed by atoms with van der Waals surface area (Å²) in [6, 6.07) is 11.8. The first-order valence-electron chi connectivity index (χ1n) is 10.6. The van der Waals surface area contributed by atoms with Crippen LogP contribution in [-0.4, -0.2) is 51.0 Å². The number of nitrogens with zero attached hydrogens (tertiary/aromatic N) is 2. The summed E-state index contributed by atoms with van der Waals surface area (Å²) >= 11 is 6.16. The zero-order valence-electron chi connectivity index (χ0n) is 18.0. The van der Waals surface area contributed by atoms with E-state index in [-0.39, 0.29) is 24.8 Å². The van der Waals surface area contributed by atoms with E-state index in [0.717, 1.165) is 12.0 Å². The number of aromatic hydroxyl groups is 1. The van der Waals surface area contributed by atoms with Crippen LogP contribution < -0.4 is 4.74 Å². The normalized spacial score (nSPS) is 15.5. The number of phenols is 1. The molecule has 2 heterocycles. The number of benzene rings is 2. The fourth-order valence-corrected chi connectivity index (χ4v) is 4.14. The van der Waals surface area contributed by atoms with Crippen molar-refractivity contribution in [1.29, 1.82) is 0 Å². The van der Waals surface area contributed by atoms with Crippen molar-refractivity contribution in [3.8, 4) is 22.8 Å². The first kappa shape index (κ1) is 22.2. The molecule has 0 bridgehead atoms. The second-order valence-electron chi connectivity index (χ2n) is 8.25. The van der Waals surface area contributed by atoms with E-state index in [4.69, 9.17) is 16.3 Å². The van der Waals surface area contributed by atoms with E-state index in [0.29, 0.717) is 45.8 Å². The average Bonchev–Trinajstić information content (AvgIpc) is 3.29. The van der Waals surface area contributed by atoms with E-state index >= 15 is 0 Å². The monoisotopic (exact) mass is 455 g/mol. The summed E-state index contributed by atoms with van der Waals surface area (Å²) in [4.78, 5) is 14.7. The summed E-state index contributed by atoms with van der Waals surface area (Å²) in [5, 5.41) is 27.7. The van der Waals surface area contributed by atoms with Gasteiger partial charge in [0.15, 0.2) is 0 Å². The Morgan fingerprint density at radius 2 is 2.06 bits per heavy atom. The second-order valence-corrected chi connectivity index (χ2v) is 8.69. The van der Waals surface area contributed by atoms with Crippen LogP contribution in [0.2, 0.25) is 5.02 Å². The van der Waals surface area contributed by atoms with Crippen molar-refractivity contribution < 1.29 is 19.7 Å². The predicted molar refractivity (Wildman–Crippen MR) is 122 cm³/mol. The van der Waals surface area contributed by atoms with E-state index < -0.39 is 6.04 Å². The van der Waals surface area contributed by atoms with Gasteiger partial charge in [0.1, 0.15) is 22.9 Å². The lowest BCUT2D eigenvalue weighted by Crippen LogP contribution is -2.32. The van der Waals surface area contributed by atoms with Gasteiger partial charge in [-0.15, -0.1) is 0 Å². The zero-order valence-corrected chi connectivity index (χ0v) is 18.8. The first-order chi connectivity index (χ1) is 15.4. The molecule has 1 aliphatic rings. The maximum Gasteiger partial charge on any atom is 0.273 e. The molecule has 168 valence electrons. The molecule has 0 aliphatic carbocycles. The molecule has 0 radical (unpaired) electrons. The number of aromatic amines is 1. The highest BCUT2D eigenvalue weighted by Gasteiger charge is 2.42. The van der Waals surface area contributed by atoms with Crippen LogP contribution in [0.4, 0.5) is 0 Å². The van der Waals surface area contributed by atoms with E-state index in [1.807, 2.05) is 24.3 Å². The number of fused-ring (bicyclic) bond motifs is 1. The third kappa shape index (κ3) is 4.18. The molecular formula is C24H26ClN3O4. The van der Waals surface area contributed by atoms with Crippen LogP contribution >= 0.6 is 11.6 Å². The van der Waals surface area contributed by atoms with Crippen molar-refractivity contribution in [2.24, 2.45) is 5.92 Å². The molecule has 8 heteroatoms. The molecule has 0 fully saturated rings. The van der Waals surface area contributed by atoms with Gasteiger partial charge in [-0.3, -0.25) is 9.89 Å². The van der Waals surface area contributed by atoms with Gasteiger partial charge in [0.25, 0.3) is 5.91 Å². The number of H-pyrrole nitrogens is 1. The van der Waals surface area contributed by atoms with Crippen molar-refractivity contribution in [3.05, 3.63) is 64.3 Å². The highest BCUT2D eigenvalue weighted by Crippen LogP contribution is 2.45. The van der Waals surface area contributed by atoms with Gasteiger partial charge in [-0.05, 0) is 48.2 Å². The van der Waals surface area contributed by atoms with Crippen LogP contribution in [0.5, 0.6) is 11.5 Å². The van der Waals surface area contributed by atoms with Crippen LogP contribution in [0.15, 0.2) is 42.5 Å². The predicted octanol–water partition coefficient (Wildman–Crippen LogP) is 4.40. The quantitative estimate of drug-likeness (QED) is 0.467. The molecular weight excluding hydrogens is 430 g/mol. The Balaban J connectivity index is 1.78. The van der Waals surface area contributed by atoms with E-state index in [1.54, 1.807) is 17.0 Å². The SMILES string of the molecule is CC(C)CCOc1cccc(C2c3c(-c4cc(Cl)ccc4O)n[nH]c3C(=O)N2CCO)c1. The van der Waals surface area contributed by atoms with Gasteiger partial charge in [-0.25, -0.2) is 0 Å². The number of phenolic OH excluding ortho intramolecular Hbond substituents is 1. The number of halogens is 1. The third-order valence-corrected chi connectivity index (χ3v) is 5.79. The lowest BCUT2D eigenvalue weighted by atomic mass is 9.95. The summed E-state index contributed by atoms with van der Waals surface area (Å²) < 4.78 is 5.92. The molecule has 7 nitrogen and oxygen atoms in total. The Kier molecular flexibility index (Phi) is 6.39. The van der Waals surface area contributed by atoms with Crippen molar-refractivity contribution in [2.45, 2.75) is 26.3 Å². The Hall–Kier alpha value is -3.03. The van der Waals surface area contributed by atoms with Crippen molar-refractivity contribution in [3.63, 3.8) is 0 Å². The smallest absolute Gasteiger partial charge is 0.273 e. The third-order valence-electron chi connectivity index (χ3n) is 5.56. The van der Waals surface area contributed by atoms with Gasteiger partial charge in [0.2, 0.25) is 0 Å². The number of rotatable bonds is 8. The van der Waals surface area contributed by atoms with Gasteiger partial charge in [0, 0.05) is 22.7 Å². The number of hydrogen-bond donors (Lipinski definition) is 3. The molecule has 1 unspecified atom stereocenters. The number of ether oxygens (including phenoxy) is 1. The molecule has 0 spiro atoms. The number of aliphatic hydroxyl groups excluding tert-OH is 1. The summed E-state index contributed by atoms with van der Waals surface area (Å²) in [7, 11) is 0. The van der Waals surface area contributed by atoms with Gasteiger partial charge in [-0.1, -0.05) is 37.6 Å². The topological polar surface area (TPSA) is 98.7 Å². The molecule has 2 aromatic carbocycles. The molecule has 3 N–H and O–H groups in total. The van der Waals surface area contributed by atoms with Gasteiger partial charge >= 0.3 is 0 Å². The Bertz CT molecular complexity index is 1130. The maximum absolute atomic E-state index is 13.1. The minimum absolute atomic E-state index is 0.0151. The number of nitrogens with one attached hydrogen (secondary N) is 1. The molecule has 1 atom stereocenters. The lowest BCUT2D eigenvalue weighted by molar-refractivity contribution is 0.0706. The first-order valence-corrected chi connectivity index (χ1v) is 11.0. The molecule has 1 aliphatic heterocycles. The van der Waals surface area contributed by atoms with Crippen molar-refractivity contribution in [1.82, 2.24) is 15.1 Å². The summed E-state index contributed by atoms with van der Waals surface area (Å²) in [5.74, 6) is 1.00. The Morgan fingerprint density at radius 1 is 1.25 bits per heavy atom. The Labute approximate surface area is 191 Å². The van der Waals surface area contributed by atoms with E-state index in [9.17, 15) is 15.0 Å². The molecule has 4 rings (SSSR count). The number of hydrogen-bond acceptors (Lipinski definition) is 5. The van der Waals surface area contributed by atoms with Gasteiger partial charge < -0.3 is 19.8 Å². The largest absolute Gasteiger partial charge is 0.507 e. The van der Waals surface area contributed by atoms with Gasteiger partial charge in [0.05, 0.1) is 19.3 Å². The number of carbonyl (C=O) groups excluding carboxylic acids is 1. The Morgan fingerprint density at radius 3 is 2.81 bits per heavy atom. The van der Waals surface area contributed by atoms with E-state index in [1.165, 1.54) is 6.07 Å². The standard InChI is InChI=1S/C24H26ClN3O4/c1-14(2)8-11-32-17-5-3-4-15(12-17)23-20-21(18-13-16(25)6-7-19(18)30)26-27-22(20)24(31)28(23)9-10-29/h3-7,12-14,23,29-30H,8-11H2,1-2H3,(H,26,27). The molecule has 3 aromatic rings. The highest BCUT2D eigenvalue weighted by molar-refractivity contribution is 6.31. The summed E-state index contributed by atoms with van der Waals surface area (Å²) in [5.41, 5.74) is 2.69. The average molecular weight is 456 g/mol. The lowest BCUT2D eigenvalue weighted by Gasteiger charge is -2.26. The van der Waals surface area contributed by atoms with Crippen molar-refractivity contribution in [2.75, 3.05) is 19.8 Å². The number of β-amino-alcohol motifs (C(OH)–C–C–N with tert-alkyl or cyclic N) is 1. The second kappa shape index (κ2) is 9.22. The van der Waals surface area contributed by atoms with Crippen LogP contribution in [0.3, 0.4) is 0 Å². The van der Waals surface area contributed by atoms with E-state index in [2.05, 4.69) is 24.0 Å². The fourth-order valence-electron chi connectivity index (χ4n) is 3.97.